The van der Waals surface area contributed by atoms with Crippen LogP contribution in [-0.4, -0.2) is 42.1 Å². The van der Waals surface area contributed by atoms with Crippen molar-refractivity contribution in [2.24, 2.45) is 5.73 Å². The molecule has 0 aliphatic carbocycles. The average Bonchev–Trinajstić information content (AvgIpc) is 2.48. The van der Waals surface area contributed by atoms with Crippen LogP contribution >= 0.6 is 11.8 Å². The van der Waals surface area contributed by atoms with Crippen LogP contribution in [0.2, 0.25) is 0 Å². The molecule has 1 aromatic rings. The van der Waals surface area contributed by atoms with Crippen LogP contribution < -0.4 is 10.6 Å². The second kappa shape index (κ2) is 5.89. The van der Waals surface area contributed by atoms with E-state index in [0.29, 0.717) is 12.0 Å². The first-order valence-electron chi connectivity index (χ1n) is 6.89. The Morgan fingerprint density at radius 2 is 2.00 bits per heavy atom. The van der Waals surface area contributed by atoms with E-state index >= 15 is 0 Å². The molecule has 2 heterocycles. The summed E-state index contributed by atoms with van der Waals surface area (Å²) in [7, 11) is 0. The van der Waals surface area contributed by atoms with Crippen LogP contribution in [0.3, 0.4) is 0 Å². The van der Waals surface area contributed by atoms with Crippen molar-refractivity contribution in [3.8, 4) is 0 Å². The molecule has 0 atom stereocenters. The number of para-hydroxylation sites is 1. The fraction of sp³-hybridized carbons (Fsp3) is 0.400. The summed E-state index contributed by atoms with van der Waals surface area (Å²) in [6.45, 7) is 3.03. The van der Waals surface area contributed by atoms with E-state index < -0.39 is 0 Å². The Morgan fingerprint density at radius 3 is 2.75 bits per heavy atom. The minimum atomic E-state index is -0.321. The molecule has 1 aromatic carbocycles. The summed E-state index contributed by atoms with van der Waals surface area (Å²) in [5.74, 6) is 2.04. The number of nitrogens with two attached hydrogens (primary N) is 1. The van der Waals surface area contributed by atoms with Crippen LogP contribution in [0.4, 0.5) is 5.69 Å². The smallest absolute Gasteiger partial charge is 0.246 e. The number of rotatable bonds is 3. The van der Waals surface area contributed by atoms with Crippen molar-refractivity contribution >= 4 is 23.4 Å². The van der Waals surface area contributed by atoms with Gasteiger partial charge in [-0.2, -0.15) is 11.8 Å². The zero-order valence-corrected chi connectivity index (χ0v) is 12.2. The molecule has 20 heavy (non-hydrogen) atoms. The monoisotopic (exact) mass is 289 g/mol. The maximum atomic E-state index is 11.5. The van der Waals surface area contributed by atoms with E-state index in [0.717, 1.165) is 19.8 Å². The third-order valence-corrected chi connectivity index (χ3v) is 4.71. The van der Waals surface area contributed by atoms with Gasteiger partial charge in [0.1, 0.15) is 0 Å². The van der Waals surface area contributed by atoms with Gasteiger partial charge in [-0.1, -0.05) is 18.2 Å². The van der Waals surface area contributed by atoms with Gasteiger partial charge in [0.15, 0.2) is 0 Å². The number of primary amides is 1. The van der Waals surface area contributed by atoms with Crippen molar-refractivity contribution < 1.29 is 4.79 Å². The molecule has 0 bridgehead atoms. The lowest BCUT2D eigenvalue weighted by Gasteiger charge is -2.35. The van der Waals surface area contributed by atoms with Crippen molar-refractivity contribution in [2.75, 3.05) is 36.2 Å². The van der Waals surface area contributed by atoms with Crippen LogP contribution in [0.25, 0.3) is 0 Å². The summed E-state index contributed by atoms with van der Waals surface area (Å²) >= 11 is 2.00. The van der Waals surface area contributed by atoms with Crippen LogP contribution in [0.1, 0.15) is 5.56 Å². The number of hydrogen-bond acceptors (Lipinski definition) is 4. The number of fused-ring (bicyclic) bond motifs is 1. The van der Waals surface area contributed by atoms with E-state index in [4.69, 9.17) is 5.73 Å². The van der Waals surface area contributed by atoms with E-state index in [1.807, 2.05) is 30.1 Å². The average molecular weight is 289 g/mol. The van der Waals surface area contributed by atoms with Crippen molar-refractivity contribution in [1.29, 1.82) is 0 Å². The van der Waals surface area contributed by atoms with Crippen LogP contribution in [0.5, 0.6) is 0 Å². The molecule has 1 saturated heterocycles. The SMILES string of the molecule is NC(=O)C1=CN(CN2CCSCC2)c2ccccc2C1. The molecule has 2 N–H and O–H groups in total. The number of carbonyl (C=O) groups is 1. The molecule has 0 unspecified atom stereocenters. The van der Waals surface area contributed by atoms with Gasteiger partial charge in [0.05, 0.1) is 6.67 Å². The summed E-state index contributed by atoms with van der Waals surface area (Å²) < 4.78 is 0. The molecule has 4 nitrogen and oxygen atoms in total. The lowest BCUT2D eigenvalue weighted by Crippen LogP contribution is -2.41. The van der Waals surface area contributed by atoms with Crippen LogP contribution in [-0.2, 0) is 11.2 Å². The van der Waals surface area contributed by atoms with Gasteiger partial charge in [0.25, 0.3) is 0 Å². The van der Waals surface area contributed by atoms with Crippen molar-refractivity contribution in [1.82, 2.24) is 4.90 Å². The van der Waals surface area contributed by atoms with Crippen molar-refractivity contribution in [2.45, 2.75) is 6.42 Å². The number of anilines is 1. The van der Waals surface area contributed by atoms with Crippen molar-refractivity contribution in [3.05, 3.63) is 41.6 Å². The molecule has 0 aromatic heterocycles. The molecule has 0 radical (unpaired) electrons. The second-order valence-electron chi connectivity index (χ2n) is 5.17. The second-order valence-corrected chi connectivity index (χ2v) is 6.39. The molecule has 5 heteroatoms. The normalized spacial score (nSPS) is 19.4. The zero-order valence-electron chi connectivity index (χ0n) is 11.4. The van der Waals surface area contributed by atoms with E-state index in [-0.39, 0.29) is 5.91 Å². The van der Waals surface area contributed by atoms with Gasteiger partial charge in [-0.3, -0.25) is 9.69 Å². The van der Waals surface area contributed by atoms with Crippen molar-refractivity contribution in [3.63, 3.8) is 0 Å². The van der Waals surface area contributed by atoms with Crippen LogP contribution in [0, 0.1) is 0 Å². The van der Waals surface area contributed by atoms with E-state index in [2.05, 4.69) is 21.9 Å². The predicted molar refractivity (Wildman–Crippen MR) is 83.7 cm³/mol. The highest BCUT2D eigenvalue weighted by atomic mass is 32.2. The molecular weight excluding hydrogens is 270 g/mol. The standard InChI is InChI=1S/C15H19N3OS/c16-15(19)13-9-12-3-1-2-4-14(12)18(10-13)11-17-5-7-20-8-6-17/h1-4,10H,5-9,11H2,(H2,16,19). The summed E-state index contributed by atoms with van der Waals surface area (Å²) in [5, 5.41) is 0. The Balaban J connectivity index is 1.84. The number of benzene rings is 1. The Morgan fingerprint density at radius 1 is 1.25 bits per heavy atom. The van der Waals surface area contributed by atoms with Gasteiger partial charge >= 0.3 is 0 Å². The zero-order chi connectivity index (χ0) is 13.9. The van der Waals surface area contributed by atoms with Gasteiger partial charge in [0.2, 0.25) is 5.91 Å². The molecule has 1 amide bonds. The van der Waals surface area contributed by atoms with Gasteiger partial charge in [-0.15, -0.1) is 0 Å². The summed E-state index contributed by atoms with van der Waals surface area (Å²) in [4.78, 5) is 16.1. The van der Waals surface area contributed by atoms with Gasteiger partial charge in [0, 0.05) is 48.5 Å². The van der Waals surface area contributed by atoms with Gasteiger partial charge < -0.3 is 10.6 Å². The number of hydrogen-bond donors (Lipinski definition) is 1. The minimum Gasteiger partial charge on any atom is -0.366 e. The third kappa shape index (κ3) is 2.83. The summed E-state index contributed by atoms with van der Waals surface area (Å²) in [5.41, 5.74) is 8.53. The molecule has 2 aliphatic rings. The van der Waals surface area contributed by atoms with E-state index in [1.54, 1.807) is 0 Å². The Bertz CT molecular complexity index is 538. The highest BCUT2D eigenvalue weighted by Crippen LogP contribution is 2.29. The fourth-order valence-electron chi connectivity index (χ4n) is 2.67. The molecule has 106 valence electrons. The maximum Gasteiger partial charge on any atom is 0.246 e. The number of nitrogens with zero attached hydrogens (tertiary/aromatic N) is 2. The first-order valence-corrected chi connectivity index (χ1v) is 8.04. The first-order chi connectivity index (χ1) is 9.74. The fourth-order valence-corrected chi connectivity index (χ4v) is 3.65. The molecule has 1 fully saturated rings. The quantitative estimate of drug-likeness (QED) is 0.914. The highest BCUT2D eigenvalue weighted by Gasteiger charge is 2.22. The molecular formula is C15H19N3OS. The third-order valence-electron chi connectivity index (χ3n) is 3.77. The Labute approximate surface area is 123 Å². The molecule has 0 saturated carbocycles. The van der Waals surface area contributed by atoms with E-state index in [9.17, 15) is 4.79 Å². The maximum absolute atomic E-state index is 11.5. The van der Waals surface area contributed by atoms with Gasteiger partial charge in [-0.05, 0) is 11.6 Å². The van der Waals surface area contributed by atoms with E-state index in [1.165, 1.54) is 22.8 Å². The lowest BCUT2D eigenvalue weighted by molar-refractivity contribution is -0.114. The lowest BCUT2D eigenvalue weighted by atomic mass is 9.99. The minimum absolute atomic E-state index is 0.321. The molecule has 2 aliphatic heterocycles. The van der Waals surface area contributed by atoms with Crippen LogP contribution in [0.15, 0.2) is 36.0 Å². The molecule has 0 spiro atoms. The Hall–Kier alpha value is -1.46. The number of amides is 1. The van der Waals surface area contributed by atoms with Gasteiger partial charge in [-0.25, -0.2) is 0 Å². The summed E-state index contributed by atoms with van der Waals surface area (Å²) in [6.07, 6.45) is 2.56. The molecule has 3 rings (SSSR count). The summed E-state index contributed by atoms with van der Waals surface area (Å²) in [6, 6.07) is 8.24. The highest BCUT2D eigenvalue weighted by molar-refractivity contribution is 7.99. The topological polar surface area (TPSA) is 49.6 Å². The largest absolute Gasteiger partial charge is 0.366 e. The Kier molecular flexibility index (Phi) is 3.98. The number of carbonyl (C=O) groups excluding carboxylic acids is 1. The predicted octanol–water partition coefficient (Wildman–Crippen LogP) is 1.42. The number of thioether (sulfide) groups is 1. The first kappa shape index (κ1) is 13.5.